The molecule has 2 N–H and O–H groups in total. The Bertz CT molecular complexity index is 536. The number of thiophene rings is 1. The van der Waals surface area contributed by atoms with Crippen molar-refractivity contribution < 1.29 is 19.8 Å². The Morgan fingerprint density at radius 3 is 2.95 bits per heavy atom. The molecule has 1 unspecified atom stereocenters. The lowest BCUT2D eigenvalue weighted by Crippen LogP contribution is -2.44. The Kier molecular flexibility index (Phi) is 5.52. The van der Waals surface area contributed by atoms with Crippen LogP contribution in [-0.2, 0) is 4.79 Å². The number of piperidine rings is 1. The van der Waals surface area contributed by atoms with Gasteiger partial charge < -0.3 is 15.1 Å². The van der Waals surface area contributed by atoms with Crippen molar-refractivity contribution in [2.24, 2.45) is 0 Å². The van der Waals surface area contributed by atoms with Crippen LogP contribution in [0.25, 0.3) is 6.08 Å². The van der Waals surface area contributed by atoms with E-state index in [2.05, 4.69) is 0 Å². The van der Waals surface area contributed by atoms with Crippen LogP contribution in [0.15, 0.2) is 17.5 Å². The Morgan fingerprint density at radius 2 is 2.24 bits per heavy atom. The third kappa shape index (κ3) is 4.15. The Hall–Kier alpha value is -1.66. The smallest absolute Gasteiger partial charge is 0.328 e. The molecule has 0 saturated carbocycles. The highest BCUT2D eigenvalue weighted by atomic mass is 32.1. The summed E-state index contributed by atoms with van der Waals surface area (Å²) < 4.78 is 0. The zero-order valence-corrected chi connectivity index (χ0v) is 12.5. The Labute approximate surface area is 127 Å². The summed E-state index contributed by atoms with van der Waals surface area (Å²) in [7, 11) is 0. The monoisotopic (exact) mass is 309 g/mol. The molecule has 1 saturated heterocycles. The maximum Gasteiger partial charge on any atom is 0.328 e. The third-order valence-corrected chi connectivity index (χ3v) is 4.51. The lowest BCUT2D eigenvalue weighted by Gasteiger charge is -2.35. The molecule has 0 spiro atoms. The van der Waals surface area contributed by atoms with Crippen LogP contribution in [-0.4, -0.2) is 46.2 Å². The second-order valence-corrected chi connectivity index (χ2v) is 6.01. The van der Waals surface area contributed by atoms with Gasteiger partial charge in [-0.2, -0.15) is 0 Å². The van der Waals surface area contributed by atoms with E-state index in [0.717, 1.165) is 36.8 Å². The van der Waals surface area contributed by atoms with Gasteiger partial charge >= 0.3 is 5.97 Å². The number of carbonyl (C=O) groups is 2. The van der Waals surface area contributed by atoms with Gasteiger partial charge in [-0.25, -0.2) is 4.79 Å². The van der Waals surface area contributed by atoms with E-state index >= 15 is 0 Å². The normalized spacial score (nSPS) is 19.1. The van der Waals surface area contributed by atoms with Crippen LogP contribution in [0.3, 0.4) is 0 Å². The van der Waals surface area contributed by atoms with Gasteiger partial charge in [-0.3, -0.25) is 4.79 Å². The van der Waals surface area contributed by atoms with Crippen LogP contribution in [0.4, 0.5) is 0 Å². The van der Waals surface area contributed by atoms with E-state index < -0.39 is 5.97 Å². The van der Waals surface area contributed by atoms with E-state index in [0.29, 0.717) is 12.0 Å². The topological polar surface area (TPSA) is 77.8 Å². The van der Waals surface area contributed by atoms with Crippen LogP contribution in [0.2, 0.25) is 0 Å². The van der Waals surface area contributed by atoms with Gasteiger partial charge in [-0.15, -0.1) is 11.3 Å². The number of amides is 1. The Balaban J connectivity index is 2.09. The highest BCUT2D eigenvalue weighted by Crippen LogP contribution is 2.24. The predicted molar refractivity (Wildman–Crippen MR) is 81.4 cm³/mol. The molecule has 1 aromatic heterocycles. The average molecular weight is 309 g/mol. The Morgan fingerprint density at radius 1 is 1.43 bits per heavy atom. The molecule has 1 amide bonds. The molecule has 2 heterocycles. The van der Waals surface area contributed by atoms with Crippen molar-refractivity contribution in [2.75, 3.05) is 13.2 Å². The van der Waals surface area contributed by atoms with E-state index in [1.165, 1.54) is 17.4 Å². The summed E-state index contributed by atoms with van der Waals surface area (Å²) in [4.78, 5) is 25.6. The number of aliphatic hydroxyl groups excluding tert-OH is 1. The van der Waals surface area contributed by atoms with Crippen molar-refractivity contribution in [3.8, 4) is 0 Å². The summed E-state index contributed by atoms with van der Waals surface area (Å²) in [5.41, 5.74) is 0.592. The van der Waals surface area contributed by atoms with Crippen molar-refractivity contribution in [1.82, 2.24) is 4.90 Å². The van der Waals surface area contributed by atoms with Crippen molar-refractivity contribution in [3.63, 3.8) is 0 Å². The van der Waals surface area contributed by atoms with Gasteiger partial charge in [0.25, 0.3) is 5.91 Å². The number of aliphatic carboxylic acids is 1. The number of nitrogens with zero attached hydrogens (tertiary/aromatic N) is 1. The van der Waals surface area contributed by atoms with Crippen LogP contribution in [0, 0.1) is 0 Å². The van der Waals surface area contributed by atoms with Crippen LogP contribution < -0.4 is 0 Å². The van der Waals surface area contributed by atoms with Gasteiger partial charge in [0.05, 0.1) is 5.56 Å². The zero-order valence-electron chi connectivity index (χ0n) is 11.7. The number of carboxylic acids is 1. The molecule has 0 aliphatic carbocycles. The molecule has 5 nitrogen and oxygen atoms in total. The minimum Gasteiger partial charge on any atom is -0.478 e. The maximum atomic E-state index is 12.5. The molecule has 1 atom stereocenters. The van der Waals surface area contributed by atoms with Crippen LogP contribution >= 0.6 is 11.3 Å². The standard InChI is InChI=1S/C15H19NO4S/c17-8-6-12-3-1-2-7-16(12)15(20)11-9-13(21-10-11)4-5-14(18)19/h4-5,9-10,12,17H,1-3,6-8H2,(H,18,19). The number of hydrogen-bond donors (Lipinski definition) is 2. The van der Waals surface area contributed by atoms with Gasteiger partial charge in [-0.05, 0) is 37.8 Å². The number of likely N-dealkylation sites (tertiary alicyclic amines) is 1. The molecule has 21 heavy (non-hydrogen) atoms. The van der Waals surface area contributed by atoms with E-state index in [-0.39, 0.29) is 18.6 Å². The average Bonchev–Trinajstić information content (AvgIpc) is 2.94. The minimum absolute atomic E-state index is 0.0284. The zero-order chi connectivity index (χ0) is 15.2. The van der Waals surface area contributed by atoms with Crippen molar-refractivity contribution >= 4 is 29.3 Å². The molecule has 1 aromatic rings. The first-order valence-corrected chi connectivity index (χ1v) is 7.91. The maximum absolute atomic E-state index is 12.5. The first-order valence-electron chi connectivity index (χ1n) is 7.03. The molecule has 2 rings (SSSR count). The minimum atomic E-state index is -1.00. The molecule has 1 fully saturated rings. The van der Waals surface area contributed by atoms with Crippen molar-refractivity contribution in [3.05, 3.63) is 28.0 Å². The largest absolute Gasteiger partial charge is 0.478 e. The van der Waals surface area contributed by atoms with Crippen LogP contribution in [0.5, 0.6) is 0 Å². The second kappa shape index (κ2) is 7.38. The van der Waals surface area contributed by atoms with Gasteiger partial charge in [-0.1, -0.05) is 0 Å². The summed E-state index contributed by atoms with van der Waals surface area (Å²) in [5.74, 6) is -1.03. The quantitative estimate of drug-likeness (QED) is 0.818. The molecule has 0 bridgehead atoms. The number of carbonyl (C=O) groups excluding carboxylic acids is 1. The molecular formula is C15H19NO4S. The molecular weight excluding hydrogens is 290 g/mol. The van der Waals surface area contributed by atoms with E-state index in [4.69, 9.17) is 10.2 Å². The second-order valence-electron chi connectivity index (χ2n) is 5.07. The molecule has 1 aliphatic rings. The third-order valence-electron chi connectivity index (χ3n) is 3.61. The first-order chi connectivity index (χ1) is 10.1. The fourth-order valence-electron chi connectivity index (χ4n) is 2.59. The fraction of sp³-hybridized carbons (Fsp3) is 0.467. The summed E-state index contributed by atoms with van der Waals surface area (Å²) in [6, 6.07) is 1.83. The van der Waals surface area contributed by atoms with Crippen molar-refractivity contribution in [2.45, 2.75) is 31.7 Å². The highest BCUT2D eigenvalue weighted by Gasteiger charge is 2.27. The van der Waals surface area contributed by atoms with Gasteiger partial charge in [0, 0.05) is 35.5 Å². The summed E-state index contributed by atoms with van der Waals surface area (Å²) >= 11 is 1.35. The number of hydrogen-bond acceptors (Lipinski definition) is 4. The molecule has 0 radical (unpaired) electrons. The number of carboxylic acid groups (broad SMARTS) is 1. The lowest BCUT2D eigenvalue weighted by molar-refractivity contribution is -0.131. The number of aliphatic hydroxyl groups is 1. The predicted octanol–water partition coefficient (Wildman–Crippen LogP) is 2.22. The summed E-state index contributed by atoms with van der Waals surface area (Å²) in [5, 5.41) is 19.5. The van der Waals surface area contributed by atoms with Gasteiger partial charge in [0.15, 0.2) is 0 Å². The highest BCUT2D eigenvalue weighted by molar-refractivity contribution is 7.11. The number of rotatable bonds is 5. The molecule has 6 heteroatoms. The van der Waals surface area contributed by atoms with E-state index in [9.17, 15) is 9.59 Å². The van der Waals surface area contributed by atoms with E-state index in [1.807, 2.05) is 4.90 Å². The van der Waals surface area contributed by atoms with Gasteiger partial charge in [0.1, 0.15) is 0 Å². The molecule has 114 valence electrons. The fourth-order valence-corrected chi connectivity index (χ4v) is 3.36. The van der Waals surface area contributed by atoms with Gasteiger partial charge in [0.2, 0.25) is 0 Å². The molecule has 0 aromatic carbocycles. The van der Waals surface area contributed by atoms with E-state index in [1.54, 1.807) is 11.4 Å². The summed E-state index contributed by atoms with van der Waals surface area (Å²) in [6.45, 7) is 0.810. The SMILES string of the molecule is O=C(O)C=Cc1cc(C(=O)N2CCCCC2CCO)cs1. The summed E-state index contributed by atoms with van der Waals surface area (Å²) in [6.07, 6.45) is 6.18. The lowest BCUT2D eigenvalue weighted by atomic mass is 9.99. The van der Waals surface area contributed by atoms with Crippen LogP contribution in [0.1, 0.15) is 40.9 Å². The van der Waals surface area contributed by atoms with Crippen molar-refractivity contribution in [1.29, 1.82) is 0 Å². The molecule has 1 aliphatic heterocycles. The first kappa shape index (κ1) is 15.7.